The van der Waals surface area contributed by atoms with Crippen molar-refractivity contribution in [3.05, 3.63) is 0 Å². The van der Waals surface area contributed by atoms with Crippen LogP contribution in [0.3, 0.4) is 0 Å². The number of primary amides is 1. The van der Waals surface area contributed by atoms with Crippen molar-refractivity contribution in [2.45, 2.75) is 58.0 Å². The molecule has 0 aromatic rings. The van der Waals surface area contributed by atoms with E-state index in [-0.39, 0.29) is 17.0 Å². The molecular formula is C11H22N2O. The first-order valence-electron chi connectivity index (χ1n) is 5.28. The molecule has 1 fully saturated rings. The Kier molecular flexibility index (Phi) is 2.91. The van der Waals surface area contributed by atoms with Gasteiger partial charge in [0.15, 0.2) is 0 Å². The van der Waals surface area contributed by atoms with Crippen LogP contribution in [0.4, 0.5) is 0 Å². The van der Waals surface area contributed by atoms with E-state index in [1.54, 1.807) is 0 Å². The molecule has 3 heteroatoms. The molecule has 1 amide bonds. The molecule has 1 heterocycles. The van der Waals surface area contributed by atoms with Gasteiger partial charge >= 0.3 is 0 Å². The van der Waals surface area contributed by atoms with E-state index in [1.165, 1.54) is 0 Å². The van der Waals surface area contributed by atoms with Gasteiger partial charge in [0.1, 0.15) is 0 Å². The molecule has 0 unspecified atom stereocenters. The molecule has 1 aliphatic heterocycles. The number of piperidine rings is 1. The van der Waals surface area contributed by atoms with Crippen LogP contribution >= 0.6 is 0 Å². The van der Waals surface area contributed by atoms with Gasteiger partial charge in [0.25, 0.3) is 0 Å². The fourth-order valence-electron chi connectivity index (χ4n) is 2.96. The molecule has 0 radical (unpaired) electrons. The van der Waals surface area contributed by atoms with Crippen LogP contribution in [-0.2, 0) is 4.79 Å². The number of hydrogen-bond acceptors (Lipinski definition) is 2. The zero-order chi connectivity index (χ0) is 11.0. The molecule has 0 bridgehead atoms. The number of carbonyl (C=O) groups is 1. The highest BCUT2D eigenvalue weighted by atomic mass is 16.1. The van der Waals surface area contributed by atoms with Crippen LogP contribution in [0.1, 0.15) is 47.0 Å². The maximum absolute atomic E-state index is 10.9. The van der Waals surface area contributed by atoms with Gasteiger partial charge in [-0.1, -0.05) is 0 Å². The largest absolute Gasteiger partial charge is 0.370 e. The van der Waals surface area contributed by atoms with Crippen LogP contribution in [0.5, 0.6) is 0 Å². The van der Waals surface area contributed by atoms with E-state index in [2.05, 4.69) is 33.0 Å². The van der Waals surface area contributed by atoms with Gasteiger partial charge in [0, 0.05) is 17.5 Å². The lowest BCUT2D eigenvalue weighted by molar-refractivity contribution is -0.119. The first-order chi connectivity index (χ1) is 6.20. The third-order valence-corrected chi connectivity index (χ3v) is 2.76. The summed E-state index contributed by atoms with van der Waals surface area (Å²) in [5, 5.41) is 3.58. The predicted octanol–water partition coefficient (Wildman–Crippen LogP) is 1.42. The predicted molar refractivity (Wildman–Crippen MR) is 57.8 cm³/mol. The number of carbonyl (C=O) groups excluding carboxylic acids is 1. The zero-order valence-electron chi connectivity index (χ0n) is 9.68. The normalized spacial score (nSPS) is 26.0. The minimum Gasteiger partial charge on any atom is -0.370 e. The van der Waals surface area contributed by atoms with E-state index in [0.29, 0.717) is 12.3 Å². The number of rotatable bonds is 2. The van der Waals surface area contributed by atoms with Gasteiger partial charge < -0.3 is 11.1 Å². The van der Waals surface area contributed by atoms with Crippen molar-refractivity contribution in [3.63, 3.8) is 0 Å². The summed E-state index contributed by atoms with van der Waals surface area (Å²) in [6.45, 7) is 8.73. The van der Waals surface area contributed by atoms with E-state index in [9.17, 15) is 4.79 Å². The average Bonchev–Trinajstić information content (AvgIpc) is 1.74. The van der Waals surface area contributed by atoms with Gasteiger partial charge in [-0.15, -0.1) is 0 Å². The molecule has 0 spiro atoms. The SMILES string of the molecule is CC1(C)CC(CC(N)=O)CC(C)(C)N1. The fraction of sp³-hybridized carbons (Fsp3) is 0.909. The third-order valence-electron chi connectivity index (χ3n) is 2.76. The molecular weight excluding hydrogens is 176 g/mol. The van der Waals surface area contributed by atoms with Crippen molar-refractivity contribution < 1.29 is 4.79 Å². The number of nitrogens with two attached hydrogens (primary N) is 1. The second-order valence-electron chi connectivity index (χ2n) is 5.84. The minimum atomic E-state index is -0.177. The first kappa shape index (κ1) is 11.5. The summed E-state index contributed by atoms with van der Waals surface area (Å²) >= 11 is 0. The summed E-state index contributed by atoms with van der Waals surface area (Å²) in [7, 11) is 0. The van der Waals surface area contributed by atoms with Crippen molar-refractivity contribution in [1.82, 2.24) is 5.32 Å². The maximum Gasteiger partial charge on any atom is 0.217 e. The van der Waals surface area contributed by atoms with Crippen molar-refractivity contribution in [1.29, 1.82) is 0 Å². The highest BCUT2D eigenvalue weighted by molar-refractivity contribution is 5.74. The Balaban J connectivity index is 2.66. The third kappa shape index (κ3) is 3.29. The number of nitrogens with one attached hydrogen (secondary N) is 1. The van der Waals surface area contributed by atoms with E-state index >= 15 is 0 Å². The molecule has 3 N–H and O–H groups in total. The smallest absolute Gasteiger partial charge is 0.217 e. The molecule has 1 aliphatic rings. The quantitative estimate of drug-likeness (QED) is 0.705. The monoisotopic (exact) mass is 198 g/mol. The molecule has 0 aromatic heterocycles. The Bertz CT molecular complexity index is 217. The second-order valence-corrected chi connectivity index (χ2v) is 5.84. The molecule has 3 nitrogen and oxygen atoms in total. The van der Waals surface area contributed by atoms with Crippen molar-refractivity contribution in [2.75, 3.05) is 0 Å². The lowest BCUT2D eigenvalue weighted by Crippen LogP contribution is -2.58. The molecule has 1 rings (SSSR count). The average molecular weight is 198 g/mol. The molecule has 0 saturated carbocycles. The van der Waals surface area contributed by atoms with Crippen LogP contribution < -0.4 is 11.1 Å². The highest BCUT2D eigenvalue weighted by Gasteiger charge is 2.37. The van der Waals surface area contributed by atoms with Crippen LogP contribution in [-0.4, -0.2) is 17.0 Å². The van der Waals surface area contributed by atoms with Gasteiger partial charge in [-0.3, -0.25) is 4.79 Å². The molecule has 82 valence electrons. The van der Waals surface area contributed by atoms with Crippen LogP contribution in [0.15, 0.2) is 0 Å². The van der Waals surface area contributed by atoms with Crippen LogP contribution in [0.25, 0.3) is 0 Å². The summed E-state index contributed by atoms with van der Waals surface area (Å²) in [5.41, 5.74) is 5.47. The molecule has 0 aliphatic carbocycles. The standard InChI is InChI=1S/C11H22N2O/c1-10(2)6-8(5-9(12)14)7-11(3,4)13-10/h8,13H,5-7H2,1-4H3,(H2,12,14). The minimum absolute atomic E-state index is 0.113. The van der Waals surface area contributed by atoms with Crippen molar-refractivity contribution in [3.8, 4) is 0 Å². The topological polar surface area (TPSA) is 55.1 Å². The van der Waals surface area contributed by atoms with Gasteiger partial charge in [-0.2, -0.15) is 0 Å². The maximum atomic E-state index is 10.9. The summed E-state index contributed by atoms with van der Waals surface area (Å²) < 4.78 is 0. The number of amides is 1. The van der Waals surface area contributed by atoms with Crippen molar-refractivity contribution in [2.24, 2.45) is 11.7 Å². The second kappa shape index (κ2) is 3.54. The lowest BCUT2D eigenvalue weighted by Gasteiger charge is -2.46. The Morgan fingerprint density at radius 3 is 2.07 bits per heavy atom. The van der Waals surface area contributed by atoms with Crippen LogP contribution in [0, 0.1) is 5.92 Å². The van der Waals surface area contributed by atoms with Crippen LogP contribution in [0.2, 0.25) is 0 Å². The van der Waals surface area contributed by atoms with Crippen molar-refractivity contribution >= 4 is 5.91 Å². The van der Waals surface area contributed by atoms with Gasteiger partial charge in [0.05, 0.1) is 0 Å². The first-order valence-corrected chi connectivity index (χ1v) is 5.28. The summed E-state index contributed by atoms with van der Waals surface area (Å²) in [5.74, 6) is 0.252. The van der Waals surface area contributed by atoms with E-state index in [1.807, 2.05) is 0 Å². The van der Waals surface area contributed by atoms with E-state index < -0.39 is 0 Å². The molecule has 14 heavy (non-hydrogen) atoms. The fourth-order valence-corrected chi connectivity index (χ4v) is 2.96. The summed E-state index contributed by atoms with van der Waals surface area (Å²) in [6, 6.07) is 0. The Labute approximate surface area is 86.4 Å². The van der Waals surface area contributed by atoms with Gasteiger partial charge in [-0.25, -0.2) is 0 Å². The molecule has 0 aromatic carbocycles. The van der Waals surface area contributed by atoms with E-state index in [0.717, 1.165) is 12.8 Å². The van der Waals surface area contributed by atoms with Gasteiger partial charge in [-0.05, 0) is 46.5 Å². The Hall–Kier alpha value is -0.570. The van der Waals surface area contributed by atoms with E-state index in [4.69, 9.17) is 5.73 Å². The summed E-state index contributed by atoms with van der Waals surface area (Å²) in [6.07, 6.45) is 2.58. The lowest BCUT2D eigenvalue weighted by atomic mass is 9.74. The molecule has 0 atom stereocenters. The Morgan fingerprint density at radius 1 is 1.29 bits per heavy atom. The number of hydrogen-bond donors (Lipinski definition) is 2. The van der Waals surface area contributed by atoms with Gasteiger partial charge in [0.2, 0.25) is 5.91 Å². The molecule has 1 saturated heterocycles. The summed E-state index contributed by atoms with van der Waals surface area (Å²) in [4.78, 5) is 10.9. The Morgan fingerprint density at radius 2 is 1.71 bits per heavy atom. The zero-order valence-corrected chi connectivity index (χ0v) is 9.68. The highest BCUT2D eigenvalue weighted by Crippen LogP contribution is 2.34.